The zero-order chi connectivity index (χ0) is 63.7. The third-order valence-electron chi connectivity index (χ3n) is 15.2. The number of carbonyl (C=O) groups excluding carboxylic acids is 12. The molecule has 28 nitrogen and oxygen atoms in total. The average molecular weight is 1190 g/mol. The first-order valence-electron chi connectivity index (χ1n) is 28.7. The molecule has 1 aliphatic rings. The van der Waals surface area contributed by atoms with E-state index in [1.165, 1.54) is 20.8 Å². The van der Waals surface area contributed by atoms with Gasteiger partial charge in [0.25, 0.3) is 0 Å². The van der Waals surface area contributed by atoms with E-state index in [4.69, 9.17) is 10.5 Å². The number of nitrogens with one attached hydrogen (secondary N) is 11. The maximum Gasteiger partial charge on any atom is 0.329 e. The average Bonchev–Trinajstić information content (AvgIpc) is 3.60. The number of ether oxygens (including phenoxy) is 1. The summed E-state index contributed by atoms with van der Waals surface area (Å²) >= 11 is 0. The number of likely N-dealkylation sites (N-methyl/N-ethyl adjacent to an activating group) is 1. The summed E-state index contributed by atoms with van der Waals surface area (Å²) in [5.74, 6) is -13.6. The van der Waals surface area contributed by atoms with Crippen molar-refractivity contribution in [3.8, 4) is 0 Å². The van der Waals surface area contributed by atoms with Crippen molar-refractivity contribution in [1.82, 2.24) is 58.5 Å². The molecule has 28 heteroatoms. The molecule has 0 aromatic heterocycles. The Bertz CT molecular complexity index is 2420. The van der Waals surface area contributed by atoms with Crippen LogP contribution in [0.1, 0.15) is 120 Å². The molecule has 1 aromatic rings. The van der Waals surface area contributed by atoms with Crippen LogP contribution in [-0.4, -0.2) is 185 Å². The molecule has 0 bridgehead atoms. The number of primary amides is 1. The highest BCUT2D eigenvalue weighted by Crippen LogP contribution is 2.17. The molecule has 1 saturated heterocycles. The molecule has 472 valence electrons. The van der Waals surface area contributed by atoms with Crippen molar-refractivity contribution in [2.24, 2.45) is 29.4 Å². The molecule has 16 N–H and O–H groups in total. The van der Waals surface area contributed by atoms with Gasteiger partial charge in [-0.3, -0.25) is 52.7 Å². The largest absolute Gasteiger partial charge is 0.458 e. The first-order valence-corrected chi connectivity index (χ1v) is 28.7. The van der Waals surface area contributed by atoms with Crippen LogP contribution in [-0.2, 0) is 68.7 Å². The highest BCUT2D eigenvalue weighted by molar-refractivity contribution is 5.99. The Morgan fingerprint density at radius 3 is 1.46 bits per heavy atom. The fraction of sp³-hybridized carbons (Fsp3) is 0.679. The Hall–Kier alpha value is -7.30. The molecule has 0 saturated carbocycles. The lowest BCUT2D eigenvalue weighted by Crippen LogP contribution is -2.63. The minimum Gasteiger partial charge on any atom is -0.458 e. The number of nitrogens with two attached hydrogens (primary N) is 1. The van der Waals surface area contributed by atoms with Crippen LogP contribution in [0.15, 0.2) is 30.3 Å². The fourth-order valence-electron chi connectivity index (χ4n) is 8.71. The number of amides is 11. The van der Waals surface area contributed by atoms with Crippen molar-refractivity contribution in [1.29, 1.82) is 0 Å². The van der Waals surface area contributed by atoms with Gasteiger partial charge in [-0.15, -0.1) is 0 Å². The van der Waals surface area contributed by atoms with Crippen molar-refractivity contribution in [2.75, 3.05) is 20.3 Å². The number of carbonyl (C=O) groups is 12. The summed E-state index contributed by atoms with van der Waals surface area (Å²) < 4.78 is 5.62. The van der Waals surface area contributed by atoms with Crippen LogP contribution < -0.4 is 64.2 Å². The van der Waals surface area contributed by atoms with Crippen molar-refractivity contribution in [3.63, 3.8) is 0 Å². The SMILES string of the molecule is CC[C@@H](C)[C@@H](NC(=O)[C@@H](CCC(N)=O)NC(=O)[C@H](CO)NC(=O)[C@@H](NC(=O)[C@@H](Cc1ccccc1)NC)[C@@H](C)CC)C(=O)N[C@H](C(=O)N[C@@H](CO)C(=O)N[C@H]1C(=O)N[C@@H](C)C(=O)N[C@@H]([C@@H](C)O)C(=O)N[C@@H]([C@@H](C)CC)C(=O)O[C@H]1C)[C@@H](C)CC. The van der Waals surface area contributed by atoms with Crippen molar-refractivity contribution < 1.29 is 77.6 Å². The number of hydrogen-bond donors (Lipinski definition) is 15. The van der Waals surface area contributed by atoms with Gasteiger partial charge >= 0.3 is 5.97 Å². The molecule has 0 spiro atoms. The number of benzene rings is 1. The predicted octanol–water partition coefficient (Wildman–Crippen LogP) is -3.55. The van der Waals surface area contributed by atoms with Crippen LogP contribution in [0.25, 0.3) is 0 Å². The first kappa shape index (κ1) is 72.8. The van der Waals surface area contributed by atoms with Crippen LogP contribution in [0.2, 0.25) is 0 Å². The number of hydrogen-bond acceptors (Lipinski definition) is 17. The summed E-state index contributed by atoms with van der Waals surface area (Å²) in [6, 6.07) is -6.84. The summed E-state index contributed by atoms with van der Waals surface area (Å²) in [4.78, 5) is 164. The Morgan fingerprint density at radius 2 is 1.01 bits per heavy atom. The molecule has 0 aliphatic carbocycles. The molecule has 1 aromatic carbocycles. The molecule has 1 fully saturated rings. The summed E-state index contributed by atoms with van der Waals surface area (Å²) in [6.45, 7) is 15.1. The van der Waals surface area contributed by atoms with Gasteiger partial charge in [-0.2, -0.15) is 0 Å². The molecule has 0 unspecified atom stereocenters. The molecule has 2 rings (SSSR count). The second-order valence-corrected chi connectivity index (χ2v) is 21.7. The molecular formula is C56H92N12O16. The molecule has 17 atom stereocenters. The molecule has 0 radical (unpaired) electrons. The number of aliphatic hydroxyl groups is 3. The van der Waals surface area contributed by atoms with Gasteiger partial charge in [-0.25, -0.2) is 4.79 Å². The van der Waals surface area contributed by atoms with E-state index in [1.54, 1.807) is 62.4 Å². The van der Waals surface area contributed by atoms with Crippen LogP contribution in [0.5, 0.6) is 0 Å². The van der Waals surface area contributed by atoms with Crippen molar-refractivity contribution in [2.45, 2.75) is 200 Å². The molecular weight excluding hydrogens is 1100 g/mol. The summed E-state index contributed by atoms with van der Waals surface area (Å²) in [5, 5.41) is 59.0. The standard InChI is InChI=1S/C56H92N12O16/c1-13-27(5)40(64-48(75)36(58-12)24-34-20-18-17-19-21-34)51(78)61-37(25-69)49(76)60-35(22-23-39(57)72)47(74)63-42(29(7)15-3)53(80)65-41(28(6)14-2)52(79)62-38(26-70)50(77)68-45-33(11)84-56(83)43(30(8)16-4)66-54(81)44(32(10)71)67-46(73)31(9)59-55(45)82/h17-21,27-33,35-38,40-45,58,69-71H,13-16,22-26H2,1-12H3,(H2,57,72)(H,59,82)(H,60,76)(H,61,78)(H,62,79)(H,63,74)(H,64,75)(H,65,80)(H,66,81)(H,67,73)(H,68,77)/t27-,28-,29+,30-,31-,32+,33-,35+,36+,37-,38-,40-,41-,42+,43-,44-,45+/m0/s1. The van der Waals surface area contributed by atoms with Gasteiger partial charge in [0.1, 0.15) is 66.5 Å². The van der Waals surface area contributed by atoms with E-state index in [0.29, 0.717) is 19.3 Å². The maximum atomic E-state index is 14.3. The van der Waals surface area contributed by atoms with E-state index >= 15 is 0 Å². The number of esters is 1. The number of aliphatic hydroxyl groups excluding tert-OH is 3. The second-order valence-electron chi connectivity index (χ2n) is 21.7. The van der Waals surface area contributed by atoms with Gasteiger partial charge in [0, 0.05) is 6.42 Å². The van der Waals surface area contributed by atoms with E-state index < -0.39 is 199 Å². The lowest BCUT2D eigenvalue weighted by molar-refractivity contribution is -0.157. The van der Waals surface area contributed by atoms with Gasteiger partial charge in [-0.05, 0) is 69.9 Å². The lowest BCUT2D eigenvalue weighted by Gasteiger charge is -2.31. The van der Waals surface area contributed by atoms with E-state index in [1.807, 2.05) is 30.3 Å². The summed E-state index contributed by atoms with van der Waals surface area (Å²) in [7, 11) is 1.59. The Labute approximate surface area is 490 Å². The highest BCUT2D eigenvalue weighted by Gasteiger charge is 2.41. The zero-order valence-electron chi connectivity index (χ0n) is 50.3. The number of cyclic esters (lactones) is 1. The number of rotatable bonds is 31. The predicted molar refractivity (Wildman–Crippen MR) is 306 cm³/mol. The Kier molecular flexibility index (Phi) is 31.0. The molecule has 11 amide bonds. The lowest BCUT2D eigenvalue weighted by atomic mass is 9.94. The maximum absolute atomic E-state index is 14.3. The van der Waals surface area contributed by atoms with E-state index in [-0.39, 0.29) is 12.8 Å². The van der Waals surface area contributed by atoms with Gasteiger partial charge in [0.05, 0.1) is 25.4 Å². The normalized spacial score (nSPS) is 22.0. The van der Waals surface area contributed by atoms with E-state index in [2.05, 4.69) is 58.5 Å². The Balaban J connectivity index is 2.40. The van der Waals surface area contributed by atoms with Crippen LogP contribution in [0, 0.1) is 23.7 Å². The highest BCUT2D eigenvalue weighted by atomic mass is 16.5. The van der Waals surface area contributed by atoms with Crippen LogP contribution in [0.4, 0.5) is 0 Å². The van der Waals surface area contributed by atoms with Gasteiger partial charge in [0.2, 0.25) is 65.0 Å². The Morgan fingerprint density at radius 1 is 0.571 bits per heavy atom. The summed E-state index contributed by atoms with van der Waals surface area (Å²) in [6.07, 6.45) is -2.24. The fourth-order valence-corrected chi connectivity index (χ4v) is 8.71. The quantitative estimate of drug-likeness (QED) is 0.0320. The van der Waals surface area contributed by atoms with Gasteiger partial charge in [-0.1, -0.05) is 111 Å². The van der Waals surface area contributed by atoms with Gasteiger partial charge in [0.15, 0.2) is 0 Å². The van der Waals surface area contributed by atoms with Crippen molar-refractivity contribution >= 4 is 70.9 Å². The molecule has 1 heterocycles. The zero-order valence-corrected chi connectivity index (χ0v) is 50.3. The smallest absolute Gasteiger partial charge is 0.329 e. The molecule has 1 aliphatic heterocycles. The van der Waals surface area contributed by atoms with E-state index in [9.17, 15) is 72.9 Å². The summed E-state index contributed by atoms with van der Waals surface area (Å²) in [5.41, 5.74) is 6.29. The monoisotopic (exact) mass is 1190 g/mol. The third-order valence-corrected chi connectivity index (χ3v) is 15.2. The minimum atomic E-state index is -1.83. The van der Waals surface area contributed by atoms with Crippen LogP contribution >= 0.6 is 0 Å². The topological polar surface area (TPSA) is 433 Å². The molecule has 84 heavy (non-hydrogen) atoms. The van der Waals surface area contributed by atoms with Crippen molar-refractivity contribution in [3.05, 3.63) is 35.9 Å². The second kappa shape index (κ2) is 35.8. The van der Waals surface area contributed by atoms with Crippen LogP contribution in [0.3, 0.4) is 0 Å². The first-order chi connectivity index (χ1) is 39.5. The van der Waals surface area contributed by atoms with Gasteiger partial charge < -0.3 is 84.3 Å². The van der Waals surface area contributed by atoms with E-state index in [0.717, 1.165) is 5.56 Å². The minimum absolute atomic E-state index is 0.251. The third kappa shape index (κ3) is 22.0.